The maximum Gasteiger partial charge on any atom is 0.471 e. The van der Waals surface area contributed by atoms with Crippen molar-refractivity contribution >= 4 is 17.7 Å². The summed E-state index contributed by atoms with van der Waals surface area (Å²) in [6, 6.07) is 2.07. The number of hydrogen-bond donors (Lipinski definition) is 1. The van der Waals surface area contributed by atoms with Crippen molar-refractivity contribution in [1.29, 1.82) is 0 Å². The number of hydrogen-bond acceptors (Lipinski definition) is 3. The summed E-state index contributed by atoms with van der Waals surface area (Å²) >= 11 is 0. The Morgan fingerprint density at radius 1 is 0.862 bits per heavy atom. The number of piperazine rings is 1. The first kappa shape index (κ1) is 21.1. The fourth-order valence-corrected chi connectivity index (χ4v) is 3.71. The molecule has 0 spiro atoms. The quantitative estimate of drug-likeness (QED) is 0.703. The van der Waals surface area contributed by atoms with E-state index in [-0.39, 0.29) is 49.4 Å². The number of carbonyl (C=O) groups is 2. The van der Waals surface area contributed by atoms with Gasteiger partial charge in [-0.15, -0.1) is 0 Å². The molecule has 2 aliphatic rings. The van der Waals surface area contributed by atoms with Crippen LogP contribution in [0.1, 0.15) is 16.7 Å². The molecule has 0 aliphatic carbocycles. The van der Waals surface area contributed by atoms with Gasteiger partial charge in [-0.05, 0) is 29.7 Å². The number of carbonyl (C=O) groups excluding carboxylic acids is 1. The fraction of sp³-hybridized carbons (Fsp3) is 0.529. The first-order chi connectivity index (χ1) is 13.4. The van der Waals surface area contributed by atoms with Crippen molar-refractivity contribution in [3.63, 3.8) is 0 Å². The second-order valence-corrected chi connectivity index (χ2v) is 6.82. The summed E-state index contributed by atoms with van der Waals surface area (Å²) < 4.78 is 78.6. The second kappa shape index (κ2) is 7.30. The Kier molecular flexibility index (Phi) is 5.30. The van der Waals surface area contributed by atoms with E-state index >= 15 is 0 Å². The van der Waals surface area contributed by atoms with Crippen molar-refractivity contribution in [2.75, 3.05) is 37.6 Å². The highest BCUT2D eigenvalue weighted by molar-refractivity contribution is 5.82. The largest absolute Gasteiger partial charge is 0.471 e. The lowest BCUT2D eigenvalue weighted by atomic mass is 9.91. The maximum absolute atomic E-state index is 13.4. The number of benzene rings is 1. The SMILES string of the molecule is O=C(O)N1CCN(c2ccc(C(F)(F)F)c3c2CN(C(=O)C(F)(F)F)CC3)CC1. The van der Waals surface area contributed by atoms with Gasteiger partial charge in [0.05, 0.1) is 5.56 Å². The van der Waals surface area contributed by atoms with Gasteiger partial charge in [-0.1, -0.05) is 0 Å². The monoisotopic (exact) mass is 425 g/mol. The molecule has 0 aromatic heterocycles. The molecular weight excluding hydrogens is 408 g/mol. The number of anilines is 1. The molecule has 0 radical (unpaired) electrons. The van der Waals surface area contributed by atoms with E-state index in [1.165, 1.54) is 6.07 Å². The first-order valence-electron chi connectivity index (χ1n) is 8.70. The molecule has 12 heteroatoms. The molecule has 1 aromatic rings. The van der Waals surface area contributed by atoms with Crippen molar-refractivity contribution in [1.82, 2.24) is 9.80 Å². The highest BCUT2D eigenvalue weighted by atomic mass is 19.4. The van der Waals surface area contributed by atoms with Gasteiger partial charge in [0, 0.05) is 45.0 Å². The number of nitrogens with zero attached hydrogens (tertiary/aromatic N) is 3. The summed E-state index contributed by atoms with van der Waals surface area (Å²) in [5, 5.41) is 9.02. The molecule has 0 atom stereocenters. The Morgan fingerprint density at radius 3 is 2.00 bits per heavy atom. The molecule has 0 unspecified atom stereocenters. The zero-order valence-electron chi connectivity index (χ0n) is 15.0. The number of rotatable bonds is 1. The standard InChI is InChI=1S/C17H17F6N3O3/c18-16(19,20)12-1-2-13(24-5-7-25(8-6-24)15(28)29)11-9-26(4-3-10(11)12)14(27)17(21,22)23/h1-2H,3-9H2,(H,28,29). The van der Waals surface area contributed by atoms with Crippen LogP contribution in [-0.2, 0) is 23.9 Å². The van der Waals surface area contributed by atoms with Crippen LogP contribution >= 0.6 is 0 Å². The lowest BCUT2D eigenvalue weighted by Crippen LogP contribution is -2.49. The average molecular weight is 425 g/mol. The Bertz CT molecular complexity index is 816. The lowest BCUT2D eigenvalue weighted by Gasteiger charge is -2.39. The number of halogens is 6. The molecule has 1 fully saturated rings. The predicted molar refractivity (Wildman–Crippen MR) is 88.4 cm³/mol. The normalized spacial score (nSPS) is 17.9. The van der Waals surface area contributed by atoms with Crippen LogP contribution in [0.25, 0.3) is 0 Å². The van der Waals surface area contributed by atoms with Gasteiger partial charge in [0.15, 0.2) is 0 Å². The van der Waals surface area contributed by atoms with Gasteiger partial charge in [0.1, 0.15) is 0 Å². The van der Waals surface area contributed by atoms with Crippen molar-refractivity contribution in [2.45, 2.75) is 25.3 Å². The summed E-state index contributed by atoms with van der Waals surface area (Å²) in [5.41, 5.74) is -0.744. The van der Waals surface area contributed by atoms with Crippen molar-refractivity contribution in [3.8, 4) is 0 Å². The van der Waals surface area contributed by atoms with E-state index < -0.39 is 43.0 Å². The summed E-state index contributed by atoms with van der Waals surface area (Å²) in [4.78, 5) is 25.9. The third-order valence-corrected chi connectivity index (χ3v) is 5.11. The van der Waals surface area contributed by atoms with E-state index in [1.807, 2.05) is 0 Å². The lowest BCUT2D eigenvalue weighted by molar-refractivity contribution is -0.186. The summed E-state index contributed by atoms with van der Waals surface area (Å²) in [6.07, 6.45) is -11.3. The van der Waals surface area contributed by atoms with Gasteiger partial charge >= 0.3 is 24.4 Å². The third-order valence-electron chi connectivity index (χ3n) is 5.11. The molecule has 1 aromatic carbocycles. The van der Waals surface area contributed by atoms with E-state index in [4.69, 9.17) is 5.11 Å². The van der Waals surface area contributed by atoms with Crippen molar-refractivity contribution < 1.29 is 41.0 Å². The molecule has 6 nitrogen and oxygen atoms in total. The molecular formula is C17H17F6N3O3. The Hall–Kier alpha value is -2.66. The molecule has 2 amide bonds. The van der Waals surface area contributed by atoms with Crippen molar-refractivity contribution in [2.24, 2.45) is 0 Å². The summed E-state index contributed by atoms with van der Waals surface area (Å²) in [6.45, 7) is -0.488. The molecule has 1 N–H and O–H groups in total. The minimum Gasteiger partial charge on any atom is -0.465 e. The van der Waals surface area contributed by atoms with Gasteiger partial charge < -0.3 is 19.8 Å². The molecule has 0 bridgehead atoms. The van der Waals surface area contributed by atoms with Crippen LogP contribution in [0.15, 0.2) is 12.1 Å². The summed E-state index contributed by atoms with van der Waals surface area (Å²) in [5.74, 6) is -2.10. The first-order valence-corrected chi connectivity index (χ1v) is 8.70. The summed E-state index contributed by atoms with van der Waals surface area (Å²) in [7, 11) is 0. The molecule has 3 rings (SSSR count). The number of amides is 2. The van der Waals surface area contributed by atoms with E-state index in [1.54, 1.807) is 4.90 Å². The highest BCUT2D eigenvalue weighted by Crippen LogP contribution is 2.40. The van der Waals surface area contributed by atoms with Gasteiger partial charge in [-0.3, -0.25) is 4.79 Å². The molecule has 2 aliphatic heterocycles. The molecule has 1 saturated heterocycles. The smallest absolute Gasteiger partial charge is 0.465 e. The zero-order valence-corrected chi connectivity index (χ0v) is 15.0. The minimum absolute atomic E-state index is 0.0208. The third kappa shape index (κ3) is 4.20. The predicted octanol–water partition coefficient (Wildman–Crippen LogP) is 2.95. The maximum atomic E-state index is 13.4. The van der Waals surface area contributed by atoms with Crippen LogP contribution in [0.3, 0.4) is 0 Å². The van der Waals surface area contributed by atoms with Crippen LogP contribution < -0.4 is 4.90 Å². The molecule has 160 valence electrons. The van der Waals surface area contributed by atoms with Gasteiger partial charge in [-0.2, -0.15) is 26.3 Å². The highest BCUT2D eigenvalue weighted by Gasteiger charge is 2.45. The van der Waals surface area contributed by atoms with Crippen LogP contribution in [-0.4, -0.2) is 65.8 Å². The zero-order chi connectivity index (χ0) is 21.6. The minimum atomic E-state index is -5.12. The second-order valence-electron chi connectivity index (χ2n) is 6.82. The van der Waals surface area contributed by atoms with E-state index in [0.717, 1.165) is 11.0 Å². The Labute approximate surface area is 161 Å². The molecule has 29 heavy (non-hydrogen) atoms. The van der Waals surface area contributed by atoms with Gasteiger partial charge in [0.25, 0.3) is 0 Å². The number of carboxylic acid groups (broad SMARTS) is 1. The van der Waals surface area contributed by atoms with Crippen LogP contribution in [0.2, 0.25) is 0 Å². The van der Waals surface area contributed by atoms with Crippen LogP contribution in [0, 0.1) is 0 Å². The van der Waals surface area contributed by atoms with Crippen LogP contribution in [0.4, 0.5) is 36.8 Å². The van der Waals surface area contributed by atoms with E-state index in [9.17, 15) is 35.9 Å². The molecule has 0 saturated carbocycles. The van der Waals surface area contributed by atoms with Crippen LogP contribution in [0.5, 0.6) is 0 Å². The van der Waals surface area contributed by atoms with Crippen molar-refractivity contribution in [3.05, 3.63) is 28.8 Å². The Morgan fingerprint density at radius 2 is 1.48 bits per heavy atom. The topological polar surface area (TPSA) is 64.1 Å². The van der Waals surface area contributed by atoms with Gasteiger partial charge in [-0.25, -0.2) is 4.79 Å². The average Bonchev–Trinajstić information content (AvgIpc) is 2.64. The molecule has 2 heterocycles. The number of alkyl halides is 6. The number of fused-ring (bicyclic) bond motifs is 1. The fourth-order valence-electron chi connectivity index (χ4n) is 3.71. The van der Waals surface area contributed by atoms with Gasteiger partial charge in [0.2, 0.25) is 0 Å². The Balaban J connectivity index is 1.97. The van der Waals surface area contributed by atoms with E-state index in [0.29, 0.717) is 4.90 Å². The van der Waals surface area contributed by atoms with E-state index in [2.05, 4.69) is 0 Å².